The van der Waals surface area contributed by atoms with E-state index < -0.39 is 0 Å². The third-order valence-corrected chi connectivity index (χ3v) is 5.57. The molecule has 0 radical (unpaired) electrons. The van der Waals surface area contributed by atoms with E-state index in [1.807, 2.05) is 45.1 Å². The number of fused-ring (bicyclic) bond motifs is 2. The van der Waals surface area contributed by atoms with Gasteiger partial charge in [0.1, 0.15) is 17.3 Å². The summed E-state index contributed by atoms with van der Waals surface area (Å²) in [6.07, 6.45) is 4.43. The third-order valence-electron chi connectivity index (χ3n) is 4.79. The van der Waals surface area contributed by atoms with E-state index in [0.29, 0.717) is 18.8 Å². The molecule has 7 nitrogen and oxygen atoms in total. The lowest BCUT2D eigenvalue weighted by Crippen LogP contribution is -2.36. The molecule has 1 amide bonds. The van der Waals surface area contributed by atoms with Crippen molar-refractivity contribution in [1.82, 2.24) is 24.3 Å². The Morgan fingerprint density at radius 2 is 2.11 bits per heavy atom. The molecule has 136 valence electrons. The van der Waals surface area contributed by atoms with Gasteiger partial charge in [0.25, 0.3) is 5.91 Å². The molecule has 4 aromatic rings. The molecule has 0 saturated carbocycles. The van der Waals surface area contributed by atoms with Crippen LogP contribution in [0.3, 0.4) is 0 Å². The van der Waals surface area contributed by atoms with E-state index in [9.17, 15) is 4.79 Å². The van der Waals surface area contributed by atoms with E-state index in [0.717, 1.165) is 39.9 Å². The highest BCUT2D eigenvalue weighted by Gasteiger charge is 2.26. The van der Waals surface area contributed by atoms with Crippen LogP contribution in [0.5, 0.6) is 5.75 Å². The Bertz CT molecular complexity index is 1100. The van der Waals surface area contributed by atoms with Crippen LogP contribution in [0.4, 0.5) is 0 Å². The zero-order valence-electron chi connectivity index (χ0n) is 14.7. The Hall–Kier alpha value is -3.13. The molecule has 0 bridgehead atoms. The smallest absolute Gasteiger partial charge is 0.274 e. The molecule has 8 heteroatoms. The number of carbonyl (C=O) groups excluding carboxylic acids is 1. The number of benzene rings is 1. The van der Waals surface area contributed by atoms with Crippen molar-refractivity contribution in [3.05, 3.63) is 59.1 Å². The van der Waals surface area contributed by atoms with Crippen molar-refractivity contribution in [2.45, 2.75) is 13.0 Å². The summed E-state index contributed by atoms with van der Waals surface area (Å²) >= 11 is 1.52. The molecule has 1 aliphatic rings. The molecule has 1 aromatic carbocycles. The summed E-state index contributed by atoms with van der Waals surface area (Å²) in [6.45, 7) is 1.16. The number of H-pyrrole nitrogens is 1. The maximum Gasteiger partial charge on any atom is 0.274 e. The summed E-state index contributed by atoms with van der Waals surface area (Å²) in [5, 5.41) is 1.95. The second kappa shape index (κ2) is 6.24. The van der Waals surface area contributed by atoms with Gasteiger partial charge >= 0.3 is 0 Å². The SMILES string of the molecule is COc1ccc(-c2nc3c([nH]2)CN(C(=O)c2cn4ccsc4n2)CC3)cc1. The number of methoxy groups -OCH3 is 1. The molecule has 5 rings (SSSR count). The maximum atomic E-state index is 12.8. The highest BCUT2D eigenvalue weighted by Crippen LogP contribution is 2.25. The van der Waals surface area contributed by atoms with E-state index in [1.54, 1.807) is 13.3 Å². The van der Waals surface area contributed by atoms with Crippen molar-refractivity contribution < 1.29 is 9.53 Å². The molecule has 0 aliphatic carbocycles. The van der Waals surface area contributed by atoms with Crippen LogP contribution in [0.2, 0.25) is 0 Å². The van der Waals surface area contributed by atoms with E-state index in [4.69, 9.17) is 9.72 Å². The van der Waals surface area contributed by atoms with Crippen molar-refractivity contribution in [2.24, 2.45) is 0 Å². The van der Waals surface area contributed by atoms with Crippen LogP contribution in [0, 0.1) is 0 Å². The summed E-state index contributed by atoms with van der Waals surface area (Å²) in [6, 6.07) is 7.78. The van der Waals surface area contributed by atoms with Gasteiger partial charge in [-0.3, -0.25) is 9.20 Å². The minimum absolute atomic E-state index is 0.0443. The molecule has 4 heterocycles. The van der Waals surface area contributed by atoms with Gasteiger partial charge < -0.3 is 14.6 Å². The molecule has 0 unspecified atom stereocenters. The van der Waals surface area contributed by atoms with E-state index in [2.05, 4.69) is 9.97 Å². The van der Waals surface area contributed by atoms with Crippen LogP contribution in [0.25, 0.3) is 16.3 Å². The molecule has 1 N–H and O–H groups in total. The zero-order chi connectivity index (χ0) is 18.4. The number of hydrogen-bond acceptors (Lipinski definition) is 5. The molecule has 0 atom stereocenters. The molecule has 27 heavy (non-hydrogen) atoms. The quantitative estimate of drug-likeness (QED) is 0.594. The number of ether oxygens (including phenoxy) is 1. The number of nitrogens with one attached hydrogen (secondary N) is 1. The first-order chi connectivity index (χ1) is 13.2. The van der Waals surface area contributed by atoms with Gasteiger partial charge in [0.2, 0.25) is 0 Å². The fourth-order valence-electron chi connectivity index (χ4n) is 3.35. The first-order valence-electron chi connectivity index (χ1n) is 8.65. The number of amides is 1. The molecule has 0 fully saturated rings. The molecular formula is C19H17N5O2S. The van der Waals surface area contributed by atoms with Gasteiger partial charge in [0, 0.05) is 36.3 Å². The number of thiazole rings is 1. The summed E-state index contributed by atoms with van der Waals surface area (Å²) in [4.78, 5) is 28.0. The summed E-state index contributed by atoms with van der Waals surface area (Å²) in [5.41, 5.74) is 3.50. The maximum absolute atomic E-state index is 12.8. The Morgan fingerprint density at radius 3 is 2.89 bits per heavy atom. The van der Waals surface area contributed by atoms with E-state index >= 15 is 0 Å². The first kappa shape index (κ1) is 16.1. The fraction of sp³-hybridized carbons (Fsp3) is 0.211. The van der Waals surface area contributed by atoms with Crippen LogP contribution in [0.1, 0.15) is 21.9 Å². The van der Waals surface area contributed by atoms with Crippen LogP contribution in [0.15, 0.2) is 42.0 Å². The predicted octanol–water partition coefficient (Wildman–Crippen LogP) is 2.99. The number of carbonyl (C=O) groups is 1. The topological polar surface area (TPSA) is 75.5 Å². The standard InChI is InChI=1S/C19H17N5O2S/c1-26-13-4-2-12(3-5-13)17-20-14-6-7-23(10-15(14)21-17)18(25)16-11-24-8-9-27-19(24)22-16/h2-5,8-9,11H,6-7,10H2,1H3,(H,20,21). The van der Waals surface area contributed by atoms with Crippen molar-refractivity contribution >= 4 is 22.2 Å². The lowest BCUT2D eigenvalue weighted by molar-refractivity contribution is 0.0726. The zero-order valence-corrected chi connectivity index (χ0v) is 15.5. The Morgan fingerprint density at radius 1 is 1.26 bits per heavy atom. The van der Waals surface area contributed by atoms with Crippen LogP contribution < -0.4 is 4.74 Å². The molecule has 1 aliphatic heterocycles. The largest absolute Gasteiger partial charge is 0.497 e. The van der Waals surface area contributed by atoms with Crippen LogP contribution in [-0.2, 0) is 13.0 Å². The summed E-state index contributed by atoms with van der Waals surface area (Å²) in [5.74, 6) is 1.59. The second-order valence-corrected chi connectivity index (χ2v) is 7.31. The lowest BCUT2D eigenvalue weighted by atomic mass is 10.1. The van der Waals surface area contributed by atoms with Gasteiger partial charge in [-0.15, -0.1) is 11.3 Å². The number of hydrogen-bond donors (Lipinski definition) is 1. The van der Waals surface area contributed by atoms with Crippen LogP contribution >= 0.6 is 11.3 Å². The average Bonchev–Trinajstić information content (AvgIpc) is 3.41. The third kappa shape index (κ3) is 2.78. The van der Waals surface area contributed by atoms with Gasteiger partial charge in [-0.25, -0.2) is 9.97 Å². The lowest BCUT2D eigenvalue weighted by Gasteiger charge is -2.25. The molecular weight excluding hydrogens is 362 g/mol. The van der Waals surface area contributed by atoms with Gasteiger partial charge in [-0.1, -0.05) is 0 Å². The van der Waals surface area contributed by atoms with Crippen molar-refractivity contribution in [3.63, 3.8) is 0 Å². The number of nitrogens with zero attached hydrogens (tertiary/aromatic N) is 4. The average molecular weight is 379 g/mol. The highest BCUT2D eigenvalue weighted by atomic mass is 32.1. The van der Waals surface area contributed by atoms with Gasteiger partial charge in [-0.05, 0) is 24.3 Å². The Labute approximate surface area is 159 Å². The van der Waals surface area contributed by atoms with Crippen molar-refractivity contribution in [1.29, 1.82) is 0 Å². The minimum Gasteiger partial charge on any atom is -0.497 e. The van der Waals surface area contributed by atoms with Crippen molar-refractivity contribution in [3.8, 4) is 17.1 Å². The minimum atomic E-state index is -0.0443. The normalized spacial score (nSPS) is 13.7. The predicted molar refractivity (Wildman–Crippen MR) is 102 cm³/mol. The fourth-order valence-corrected chi connectivity index (χ4v) is 4.05. The number of aromatic amines is 1. The number of imidazole rings is 2. The molecule has 0 saturated heterocycles. The summed E-state index contributed by atoms with van der Waals surface area (Å²) < 4.78 is 7.08. The monoisotopic (exact) mass is 379 g/mol. The number of aromatic nitrogens is 4. The van der Waals surface area contributed by atoms with Crippen molar-refractivity contribution in [2.75, 3.05) is 13.7 Å². The summed E-state index contributed by atoms with van der Waals surface area (Å²) in [7, 11) is 1.65. The Kier molecular flexibility index (Phi) is 3.71. The Balaban J connectivity index is 1.38. The van der Waals surface area contributed by atoms with Crippen LogP contribution in [-0.4, -0.2) is 43.8 Å². The first-order valence-corrected chi connectivity index (χ1v) is 9.53. The van der Waals surface area contributed by atoms with Gasteiger partial charge in [0.05, 0.1) is 25.0 Å². The van der Waals surface area contributed by atoms with E-state index in [-0.39, 0.29) is 5.91 Å². The highest BCUT2D eigenvalue weighted by molar-refractivity contribution is 7.15. The molecule has 3 aromatic heterocycles. The van der Waals surface area contributed by atoms with Gasteiger partial charge in [-0.2, -0.15) is 0 Å². The molecule has 0 spiro atoms. The van der Waals surface area contributed by atoms with Gasteiger partial charge in [0.15, 0.2) is 4.96 Å². The van der Waals surface area contributed by atoms with E-state index in [1.165, 1.54) is 11.3 Å². The number of rotatable bonds is 3. The second-order valence-electron chi connectivity index (χ2n) is 6.43.